The molecule has 0 fully saturated rings. The van der Waals surface area contributed by atoms with E-state index in [9.17, 15) is 9.90 Å². The molecule has 0 aromatic heterocycles. The SMILES string of the molecule is CC(C)CCCC(C)CCCC(C)CCCC(C)CC(=O)N(C)C(C)O. The highest BCUT2D eigenvalue weighted by Gasteiger charge is 2.16. The summed E-state index contributed by atoms with van der Waals surface area (Å²) in [4.78, 5) is 13.4. The highest BCUT2D eigenvalue weighted by molar-refractivity contribution is 5.76. The minimum atomic E-state index is -0.692. The minimum absolute atomic E-state index is 0.0482. The van der Waals surface area contributed by atoms with E-state index in [1.165, 1.54) is 56.3 Å². The molecule has 26 heavy (non-hydrogen) atoms. The Morgan fingerprint density at radius 3 is 1.50 bits per heavy atom. The van der Waals surface area contributed by atoms with E-state index < -0.39 is 6.23 Å². The first kappa shape index (κ1) is 25.4. The van der Waals surface area contributed by atoms with Crippen LogP contribution in [0.1, 0.15) is 106 Å². The number of hydrogen-bond donors (Lipinski definition) is 1. The summed E-state index contributed by atoms with van der Waals surface area (Å²) in [7, 11) is 1.67. The predicted octanol–water partition coefficient (Wildman–Crippen LogP) is 6.25. The summed E-state index contributed by atoms with van der Waals surface area (Å²) in [5.74, 6) is 2.95. The van der Waals surface area contributed by atoms with Crippen LogP contribution in [-0.2, 0) is 4.79 Å². The highest BCUT2D eigenvalue weighted by atomic mass is 16.3. The molecule has 0 aromatic rings. The van der Waals surface area contributed by atoms with Gasteiger partial charge in [0.05, 0.1) is 0 Å². The molecule has 0 bridgehead atoms. The van der Waals surface area contributed by atoms with E-state index in [2.05, 4.69) is 34.6 Å². The van der Waals surface area contributed by atoms with Crippen molar-refractivity contribution >= 4 is 5.91 Å². The molecule has 0 radical (unpaired) electrons. The quantitative estimate of drug-likeness (QED) is 0.347. The Morgan fingerprint density at radius 1 is 0.731 bits per heavy atom. The molecule has 0 aliphatic rings. The Morgan fingerprint density at radius 2 is 1.12 bits per heavy atom. The first-order valence-corrected chi connectivity index (χ1v) is 11.1. The van der Waals surface area contributed by atoms with Gasteiger partial charge in [-0.25, -0.2) is 0 Å². The van der Waals surface area contributed by atoms with Crippen LogP contribution in [0.15, 0.2) is 0 Å². The van der Waals surface area contributed by atoms with Crippen molar-refractivity contribution in [3.05, 3.63) is 0 Å². The number of hydrogen-bond acceptors (Lipinski definition) is 2. The smallest absolute Gasteiger partial charge is 0.224 e. The number of aliphatic hydroxyl groups is 1. The standard InChI is InChI=1S/C23H47NO2/c1-18(2)11-8-12-19(3)13-9-14-20(4)15-10-16-21(5)17-23(26)24(7)22(6)25/h18-22,25H,8-17H2,1-7H3. The fourth-order valence-electron chi connectivity index (χ4n) is 3.55. The molecule has 1 amide bonds. The number of amides is 1. The van der Waals surface area contributed by atoms with Crippen LogP contribution in [0.25, 0.3) is 0 Å². The van der Waals surface area contributed by atoms with Gasteiger partial charge in [-0.3, -0.25) is 4.79 Å². The molecule has 4 atom stereocenters. The molecule has 0 aliphatic heterocycles. The van der Waals surface area contributed by atoms with Crippen LogP contribution in [0.5, 0.6) is 0 Å². The van der Waals surface area contributed by atoms with Gasteiger partial charge in [0.25, 0.3) is 0 Å². The predicted molar refractivity (Wildman–Crippen MR) is 113 cm³/mol. The molecule has 0 saturated carbocycles. The summed E-state index contributed by atoms with van der Waals surface area (Å²) in [5, 5.41) is 9.45. The summed E-state index contributed by atoms with van der Waals surface area (Å²) < 4.78 is 0. The van der Waals surface area contributed by atoms with Crippen molar-refractivity contribution in [3.63, 3.8) is 0 Å². The zero-order valence-electron chi connectivity index (χ0n) is 18.8. The van der Waals surface area contributed by atoms with E-state index in [1.807, 2.05) is 0 Å². The van der Waals surface area contributed by atoms with E-state index in [0.29, 0.717) is 12.3 Å². The summed E-state index contributed by atoms with van der Waals surface area (Å²) in [6.45, 7) is 13.2. The summed E-state index contributed by atoms with van der Waals surface area (Å²) in [6.07, 6.45) is 11.7. The van der Waals surface area contributed by atoms with Crippen LogP contribution in [0.2, 0.25) is 0 Å². The van der Waals surface area contributed by atoms with Crippen molar-refractivity contribution in [2.24, 2.45) is 23.7 Å². The van der Waals surface area contributed by atoms with Gasteiger partial charge in [-0.2, -0.15) is 0 Å². The number of carbonyl (C=O) groups excluding carboxylic acids is 1. The van der Waals surface area contributed by atoms with Crippen LogP contribution in [0.4, 0.5) is 0 Å². The Labute approximate surface area is 163 Å². The lowest BCUT2D eigenvalue weighted by Gasteiger charge is -2.22. The minimum Gasteiger partial charge on any atom is -0.374 e. The molecule has 156 valence electrons. The Balaban J connectivity index is 3.73. The third-order valence-electron chi connectivity index (χ3n) is 5.74. The second-order valence-electron chi connectivity index (χ2n) is 9.34. The third kappa shape index (κ3) is 13.6. The Bertz CT molecular complexity index is 354. The van der Waals surface area contributed by atoms with E-state index in [0.717, 1.165) is 24.2 Å². The summed E-state index contributed by atoms with van der Waals surface area (Å²) in [5.41, 5.74) is 0. The molecular formula is C23H47NO2. The molecular weight excluding hydrogens is 322 g/mol. The summed E-state index contributed by atoms with van der Waals surface area (Å²) >= 11 is 0. The maximum Gasteiger partial charge on any atom is 0.224 e. The molecule has 4 unspecified atom stereocenters. The number of carbonyl (C=O) groups is 1. The van der Waals surface area contributed by atoms with Gasteiger partial charge in [-0.15, -0.1) is 0 Å². The van der Waals surface area contributed by atoms with Gasteiger partial charge in [0, 0.05) is 13.5 Å². The number of aliphatic hydroxyl groups excluding tert-OH is 1. The molecule has 0 spiro atoms. The summed E-state index contributed by atoms with van der Waals surface area (Å²) in [6, 6.07) is 0. The maximum atomic E-state index is 12.0. The van der Waals surface area contributed by atoms with Crippen molar-refractivity contribution in [3.8, 4) is 0 Å². The van der Waals surface area contributed by atoms with Gasteiger partial charge in [-0.1, -0.05) is 92.4 Å². The van der Waals surface area contributed by atoms with Gasteiger partial charge in [0.15, 0.2) is 0 Å². The normalized spacial score (nSPS) is 16.3. The second kappa shape index (κ2) is 14.5. The van der Waals surface area contributed by atoms with Crippen LogP contribution >= 0.6 is 0 Å². The van der Waals surface area contributed by atoms with Crippen LogP contribution in [-0.4, -0.2) is 29.2 Å². The van der Waals surface area contributed by atoms with E-state index >= 15 is 0 Å². The Hall–Kier alpha value is -0.570. The largest absolute Gasteiger partial charge is 0.374 e. The molecule has 1 N–H and O–H groups in total. The van der Waals surface area contributed by atoms with Gasteiger partial charge in [-0.05, 0) is 30.6 Å². The zero-order chi connectivity index (χ0) is 20.1. The van der Waals surface area contributed by atoms with Crippen molar-refractivity contribution in [2.75, 3.05) is 7.05 Å². The van der Waals surface area contributed by atoms with Crippen molar-refractivity contribution in [2.45, 2.75) is 112 Å². The molecule has 0 rings (SSSR count). The lowest BCUT2D eigenvalue weighted by molar-refractivity contribution is -0.138. The zero-order valence-corrected chi connectivity index (χ0v) is 18.8. The average Bonchev–Trinajstić information content (AvgIpc) is 2.53. The van der Waals surface area contributed by atoms with E-state index in [-0.39, 0.29) is 5.91 Å². The molecule has 0 saturated heterocycles. The van der Waals surface area contributed by atoms with E-state index in [1.54, 1.807) is 14.0 Å². The van der Waals surface area contributed by atoms with Crippen LogP contribution in [0.3, 0.4) is 0 Å². The number of nitrogens with zero attached hydrogens (tertiary/aromatic N) is 1. The topological polar surface area (TPSA) is 40.5 Å². The van der Waals surface area contributed by atoms with Crippen LogP contribution < -0.4 is 0 Å². The van der Waals surface area contributed by atoms with Crippen molar-refractivity contribution < 1.29 is 9.90 Å². The van der Waals surface area contributed by atoms with E-state index in [4.69, 9.17) is 0 Å². The molecule has 0 aliphatic carbocycles. The van der Waals surface area contributed by atoms with Crippen molar-refractivity contribution in [1.82, 2.24) is 4.90 Å². The van der Waals surface area contributed by atoms with Gasteiger partial charge >= 0.3 is 0 Å². The Kier molecular flexibility index (Phi) is 14.2. The fraction of sp³-hybridized carbons (Fsp3) is 0.957. The lowest BCUT2D eigenvalue weighted by Crippen LogP contribution is -2.35. The average molecular weight is 370 g/mol. The van der Waals surface area contributed by atoms with Crippen molar-refractivity contribution in [1.29, 1.82) is 0 Å². The molecule has 0 aromatic carbocycles. The number of rotatable bonds is 15. The molecule has 0 heterocycles. The second-order valence-corrected chi connectivity index (χ2v) is 9.34. The van der Waals surface area contributed by atoms with Gasteiger partial charge in [0.2, 0.25) is 5.91 Å². The monoisotopic (exact) mass is 369 g/mol. The molecule has 3 nitrogen and oxygen atoms in total. The fourth-order valence-corrected chi connectivity index (χ4v) is 3.55. The maximum absolute atomic E-state index is 12.0. The highest BCUT2D eigenvalue weighted by Crippen LogP contribution is 2.22. The van der Waals surface area contributed by atoms with Gasteiger partial charge < -0.3 is 10.0 Å². The van der Waals surface area contributed by atoms with Crippen LogP contribution in [0, 0.1) is 23.7 Å². The molecule has 3 heteroatoms. The van der Waals surface area contributed by atoms with Gasteiger partial charge in [0.1, 0.15) is 6.23 Å². The third-order valence-corrected chi connectivity index (χ3v) is 5.74. The first-order chi connectivity index (χ1) is 12.1. The lowest BCUT2D eigenvalue weighted by atomic mass is 9.90. The first-order valence-electron chi connectivity index (χ1n) is 11.1.